The second-order valence-electron chi connectivity index (χ2n) is 7.46. The highest BCUT2D eigenvalue weighted by atomic mass is 19.4. The molecule has 1 aliphatic rings. The van der Waals surface area contributed by atoms with Crippen LogP contribution in [0.5, 0.6) is 0 Å². The number of halogens is 3. The average Bonchev–Trinajstić information content (AvgIpc) is 2.90. The molecule has 7 heteroatoms. The van der Waals surface area contributed by atoms with Crippen molar-refractivity contribution in [1.29, 1.82) is 0 Å². The Hall–Kier alpha value is -2.28. The molecule has 3 rings (SSSR count). The molecule has 0 spiro atoms. The van der Waals surface area contributed by atoms with Gasteiger partial charge in [0.25, 0.3) is 0 Å². The Kier molecular flexibility index (Phi) is 5.84. The lowest BCUT2D eigenvalue weighted by molar-refractivity contribution is -0.141. The molecule has 28 heavy (non-hydrogen) atoms. The molecule has 0 N–H and O–H groups in total. The highest BCUT2D eigenvalue weighted by Crippen LogP contribution is 2.24. The second-order valence-corrected chi connectivity index (χ2v) is 7.46. The summed E-state index contributed by atoms with van der Waals surface area (Å²) in [5.41, 5.74) is 3.68. The Balaban J connectivity index is 1.62. The van der Waals surface area contributed by atoms with E-state index in [1.807, 2.05) is 12.1 Å². The van der Waals surface area contributed by atoms with E-state index in [0.717, 1.165) is 26.2 Å². The number of aryl methyl sites for hydroxylation is 2. The molecule has 1 aromatic carbocycles. The van der Waals surface area contributed by atoms with E-state index < -0.39 is 12.7 Å². The summed E-state index contributed by atoms with van der Waals surface area (Å²) in [6.45, 7) is 7.60. The lowest BCUT2D eigenvalue weighted by atomic mass is 10.1. The first-order valence-electron chi connectivity index (χ1n) is 9.45. The number of anilines is 1. The number of para-hydroxylation sites is 1. The van der Waals surface area contributed by atoms with Gasteiger partial charge in [0.15, 0.2) is 5.78 Å². The Bertz CT molecular complexity index is 849. The van der Waals surface area contributed by atoms with Crippen LogP contribution in [-0.4, -0.2) is 54.2 Å². The van der Waals surface area contributed by atoms with Gasteiger partial charge in [0.1, 0.15) is 6.54 Å². The fraction of sp³-hybridized carbons (Fsp3) is 0.476. The van der Waals surface area contributed by atoms with Gasteiger partial charge >= 0.3 is 6.18 Å². The van der Waals surface area contributed by atoms with Crippen LogP contribution >= 0.6 is 0 Å². The molecule has 0 unspecified atom stereocenters. The van der Waals surface area contributed by atoms with Crippen LogP contribution in [0.1, 0.15) is 27.3 Å². The fourth-order valence-corrected chi connectivity index (χ4v) is 3.86. The minimum atomic E-state index is -4.30. The zero-order valence-corrected chi connectivity index (χ0v) is 16.5. The summed E-state index contributed by atoms with van der Waals surface area (Å²) in [7, 11) is 0. The number of carbonyl (C=O) groups is 1. The minimum Gasteiger partial charge on any atom is -0.369 e. The van der Waals surface area contributed by atoms with Gasteiger partial charge in [-0.2, -0.15) is 13.2 Å². The van der Waals surface area contributed by atoms with Gasteiger partial charge in [-0.1, -0.05) is 18.2 Å². The summed E-state index contributed by atoms with van der Waals surface area (Å²) in [4.78, 5) is 17.1. The molecule has 2 heterocycles. The van der Waals surface area contributed by atoms with Crippen molar-refractivity contribution in [2.45, 2.75) is 33.5 Å². The minimum absolute atomic E-state index is 0.120. The molecule has 0 bridgehead atoms. The van der Waals surface area contributed by atoms with E-state index >= 15 is 0 Å². The number of aromatic nitrogens is 1. The van der Waals surface area contributed by atoms with Gasteiger partial charge in [0, 0.05) is 48.8 Å². The number of alkyl halides is 3. The molecule has 0 saturated carbocycles. The maximum atomic E-state index is 12.8. The molecule has 2 aromatic rings. The quantitative estimate of drug-likeness (QED) is 0.720. The van der Waals surface area contributed by atoms with Gasteiger partial charge < -0.3 is 9.47 Å². The predicted molar refractivity (Wildman–Crippen MR) is 104 cm³/mol. The number of hydrogen-bond donors (Lipinski definition) is 0. The summed E-state index contributed by atoms with van der Waals surface area (Å²) < 4.78 is 39.5. The lowest BCUT2D eigenvalue weighted by Gasteiger charge is -2.36. The Morgan fingerprint density at radius 2 is 1.68 bits per heavy atom. The summed E-state index contributed by atoms with van der Waals surface area (Å²) in [5.74, 6) is -0.120. The van der Waals surface area contributed by atoms with E-state index in [1.165, 1.54) is 15.8 Å². The zero-order chi connectivity index (χ0) is 20.5. The standard InChI is InChI=1S/C21H26F3N3O/c1-15-6-4-5-7-19(15)26-10-8-25(9-11-26)13-20(28)18-12-16(2)27(17(18)3)14-21(22,23)24/h4-7,12H,8-11,13-14H2,1-3H3. The molecular weight excluding hydrogens is 367 g/mol. The summed E-state index contributed by atoms with van der Waals surface area (Å²) in [5, 5.41) is 0. The molecule has 1 aliphatic heterocycles. The van der Waals surface area contributed by atoms with E-state index in [4.69, 9.17) is 0 Å². The first kappa shape index (κ1) is 20.5. The summed E-state index contributed by atoms with van der Waals surface area (Å²) >= 11 is 0. The maximum Gasteiger partial charge on any atom is 0.406 e. The molecule has 1 saturated heterocycles. The molecular formula is C21H26F3N3O. The number of ketones is 1. The van der Waals surface area contributed by atoms with Crippen molar-refractivity contribution in [3.63, 3.8) is 0 Å². The van der Waals surface area contributed by atoms with Crippen molar-refractivity contribution < 1.29 is 18.0 Å². The summed E-state index contributed by atoms with van der Waals surface area (Å²) in [6.07, 6.45) is -4.30. The fourth-order valence-electron chi connectivity index (χ4n) is 3.86. The smallest absolute Gasteiger partial charge is 0.369 e. The highest BCUT2D eigenvalue weighted by Gasteiger charge is 2.30. The second kappa shape index (κ2) is 7.99. The average molecular weight is 393 g/mol. The van der Waals surface area contributed by atoms with Crippen LogP contribution in [0.15, 0.2) is 30.3 Å². The van der Waals surface area contributed by atoms with E-state index in [0.29, 0.717) is 17.0 Å². The Morgan fingerprint density at radius 1 is 1.04 bits per heavy atom. The van der Waals surface area contributed by atoms with Crippen molar-refractivity contribution in [3.05, 3.63) is 52.8 Å². The largest absolute Gasteiger partial charge is 0.406 e. The monoisotopic (exact) mass is 393 g/mol. The Labute approximate surface area is 163 Å². The molecule has 1 aromatic heterocycles. The number of benzene rings is 1. The van der Waals surface area contributed by atoms with Gasteiger partial charge in [-0.05, 0) is 38.5 Å². The van der Waals surface area contributed by atoms with Crippen molar-refractivity contribution in [2.24, 2.45) is 0 Å². The van der Waals surface area contributed by atoms with E-state index in [2.05, 4.69) is 28.9 Å². The predicted octanol–water partition coefficient (Wildman–Crippen LogP) is 3.98. The number of nitrogens with zero attached hydrogens (tertiary/aromatic N) is 3. The molecule has 152 valence electrons. The number of carbonyl (C=O) groups excluding carboxylic acids is 1. The SMILES string of the molecule is Cc1ccccc1N1CCN(CC(=O)c2cc(C)n(CC(F)(F)F)c2C)CC1. The van der Waals surface area contributed by atoms with E-state index in [1.54, 1.807) is 19.9 Å². The highest BCUT2D eigenvalue weighted by molar-refractivity contribution is 5.99. The molecule has 0 atom stereocenters. The van der Waals surface area contributed by atoms with Crippen molar-refractivity contribution in [2.75, 3.05) is 37.6 Å². The van der Waals surface area contributed by atoms with Crippen LogP contribution in [0.25, 0.3) is 0 Å². The number of piperazine rings is 1. The molecule has 1 fully saturated rings. The molecule has 0 aliphatic carbocycles. The maximum absolute atomic E-state index is 12.8. The lowest BCUT2D eigenvalue weighted by Crippen LogP contribution is -2.48. The summed E-state index contributed by atoms with van der Waals surface area (Å²) in [6, 6.07) is 9.80. The number of hydrogen-bond acceptors (Lipinski definition) is 3. The van der Waals surface area contributed by atoms with Gasteiger partial charge in [0.05, 0.1) is 6.54 Å². The molecule has 0 radical (unpaired) electrons. The van der Waals surface area contributed by atoms with Gasteiger partial charge in [-0.3, -0.25) is 9.69 Å². The van der Waals surface area contributed by atoms with E-state index in [9.17, 15) is 18.0 Å². The third kappa shape index (κ3) is 4.58. The normalized spacial score (nSPS) is 15.9. The van der Waals surface area contributed by atoms with Crippen LogP contribution in [0.4, 0.5) is 18.9 Å². The first-order chi connectivity index (χ1) is 13.2. The third-order valence-corrected chi connectivity index (χ3v) is 5.41. The van der Waals surface area contributed by atoms with Gasteiger partial charge in [-0.15, -0.1) is 0 Å². The number of Topliss-reactive ketones (excluding diaryl/α,β-unsaturated/α-hetero) is 1. The van der Waals surface area contributed by atoms with Crippen LogP contribution < -0.4 is 4.90 Å². The van der Waals surface area contributed by atoms with Gasteiger partial charge in [0.2, 0.25) is 0 Å². The van der Waals surface area contributed by atoms with Crippen molar-refractivity contribution in [1.82, 2.24) is 9.47 Å². The number of rotatable bonds is 5. The van der Waals surface area contributed by atoms with Crippen LogP contribution in [0.3, 0.4) is 0 Å². The van der Waals surface area contributed by atoms with Crippen LogP contribution in [-0.2, 0) is 6.54 Å². The van der Waals surface area contributed by atoms with Gasteiger partial charge in [-0.25, -0.2) is 0 Å². The Morgan fingerprint density at radius 3 is 2.29 bits per heavy atom. The van der Waals surface area contributed by atoms with Crippen molar-refractivity contribution >= 4 is 11.5 Å². The molecule has 0 amide bonds. The molecule has 4 nitrogen and oxygen atoms in total. The van der Waals surface area contributed by atoms with Crippen molar-refractivity contribution in [3.8, 4) is 0 Å². The van der Waals surface area contributed by atoms with Crippen LogP contribution in [0.2, 0.25) is 0 Å². The van der Waals surface area contributed by atoms with E-state index in [-0.39, 0.29) is 12.3 Å². The van der Waals surface area contributed by atoms with Crippen LogP contribution in [0, 0.1) is 20.8 Å². The third-order valence-electron chi connectivity index (χ3n) is 5.41. The topological polar surface area (TPSA) is 28.5 Å². The first-order valence-corrected chi connectivity index (χ1v) is 9.45. The zero-order valence-electron chi connectivity index (χ0n) is 16.5.